The van der Waals surface area contributed by atoms with Crippen molar-refractivity contribution in [1.82, 2.24) is 15.6 Å². The Labute approximate surface area is 147 Å². The first-order valence-electron chi connectivity index (χ1n) is 7.94. The van der Waals surface area contributed by atoms with Gasteiger partial charge in [0.15, 0.2) is 5.96 Å². The van der Waals surface area contributed by atoms with Crippen molar-refractivity contribution in [3.63, 3.8) is 0 Å². The van der Waals surface area contributed by atoms with Crippen LogP contribution in [0.2, 0.25) is 0 Å². The molecule has 4 nitrogen and oxygen atoms in total. The largest absolute Gasteiger partial charge is 0.352 e. The van der Waals surface area contributed by atoms with E-state index in [1.807, 2.05) is 6.07 Å². The number of halogens is 1. The molecule has 0 bridgehead atoms. The molecule has 0 aliphatic rings. The van der Waals surface area contributed by atoms with Crippen molar-refractivity contribution in [2.75, 3.05) is 7.05 Å². The number of aryl methyl sites for hydroxylation is 1. The standard InChI is InChI=1S/C18H25FN4S/c1-12-6-7-13(8-14(12)19)9-21-17(20-5)22-10-16-23-15(11-24-16)18(2,3)4/h6-8,11H,9-10H2,1-5H3,(H2,20,21,22). The van der Waals surface area contributed by atoms with Gasteiger partial charge in [-0.2, -0.15) is 0 Å². The lowest BCUT2D eigenvalue weighted by Gasteiger charge is -2.14. The topological polar surface area (TPSA) is 49.3 Å². The summed E-state index contributed by atoms with van der Waals surface area (Å²) in [7, 11) is 1.72. The monoisotopic (exact) mass is 348 g/mol. The molecule has 130 valence electrons. The lowest BCUT2D eigenvalue weighted by Crippen LogP contribution is -2.36. The molecule has 1 aromatic carbocycles. The van der Waals surface area contributed by atoms with E-state index in [9.17, 15) is 4.39 Å². The van der Waals surface area contributed by atoms with E-state index in [1.54, 1.807) is 37.4 Å². The molecular formula is C18H25FN4S. The van der Waals surface area contributed by atoms with E-state index in [0.29, 0.717) is 24.6 Å². The number of nitrogens with one attached hydrogen (secondary N) is 2. The highest BCUT2D eigenvalue weighted by molar-refractivity contribution is 7.09. The lowest BCUT2D eigenvalue weighted by atomic mass is 9.93. The molecule has 0 spiro atoms. The zero-order valence-corrected chi connectivity index (χ0v) is 15.7. The summed E-state index contributed by atoms with van der Waals surface area (Å²) < 4.78 is 13.6. The van der Waals surface area contributed by atoms with Crippen molar-refractivity contribution in [1.29, 1.82) is 0 Å². The van der Waals surface area contributed by atoms with Crippen LogP contribution in [0.1, 0.15) is 42.6 Å². The molecule has 1 heterocycles. The minimum atomic E-state index is -0.185. The Morgan fingerprint density at radius 1 is 1.25 bits per heavy atom. The molecule has 24 heavy (non-hydrogen) atoms. The van der Waals surface area contributed by atoms with Gasteiger partial charge in [-0.3, -0.25) is 4.99 Å². The minimum Gasteiger partial charge on any atom is -0.352 e. The molecule has 6 heteroatoms. The number of rotatable bonds is 4. The summed E-state index contributed by atoms with van der Waals surface area (Å²) in [6, 6.07) is 5.24. The predicted octanol–water partition coefficient (Wildman–Crippen LogP) is 3.75. The average molecular weight is 348 g/mol. The highest BCUT2D eigenvalue weighted by Crippen LogP contribution is 2.23. The fourth-order valence-corrected chi connectivity index (χ4v) is 3.01. The number of aliphatic imine (C=N–C) groups is 1. The van der Waals surface area contributed by atoms with Crippen LogP contribution in [-0.2, 0) is 18.5 Å². The first-order valence-corrected chi connectivity index (χ1v) is 8.82. The molecule has 0 saturated carbocycles. The molecular weight excluding hydrogens is 323 g/mol. The highest BCUT2D eigenvalue weighted by Gasteiger charge is 2.17. The van der Waals surface area contributed by atoms with E-state index < -0.39 is 0 Å². The number of hydrogen-bond donors (Lipinski definition) is 2. The molecule has 0 fully saturated rings. The second-order valence-corrected chi connectivity index (χ2v) is 7.68. The van der Waals surface area contributed by atoms with Crippen molar-refractivity contribution in [2.24, 2.45) is 4.99 Å². The first kappa shape index (κ1) is 18.4. The van der Waals surface area contributed by atoms with Crippen LogP contribution in [0.15, 0.2) is 28.6 Å². The molecule has 0 amide bonds. The van der Waals surface area contributed by atoms with Crippen LogP contribution in [0.5, 0.6) is 0 Å². The molecule has 2 N–H and O–H groups in total. The van der Waals surface area contributed by atoms with Gasteiger partial charge in [0.25, 0.3) is 0 Å². The molecule has 2 aromatic rings. The Morgan fingerprint density at radius 2 is 1.96 bits per heavy atom. The van der Waals surface area contributed by atoms with E-state index in [4.69, 9.17) is 0 Å². The number of nitrogens with zero attached hydrogens (tertiary/aromatic N) is 2. The molecule has 1 aromatic heterocycles. The Bertz CT molecular complexity index is 716. The lowest BCUT2D eigenvalue weighted by molar-refractivity contribution is 0.570. The molecule has 0 aliphatic carbocycles. The molecule has 2 rings (SSSR count). The first-order chi connectivity index (χ1) is 11.3. The van der Waals surface area contributed by atoms with Crippen molar-refractivity contribution in [3.8, 4) is 0 Å². The van der Waals surface area contributed by atoms with Gasteiger partial charge in [-0.25, -0.2) is 9.37 Å². The summed E-state index contributed by atoms with van der Waals surface area (Å²) in [6.45, 7) is 9.35. The van der Waals surface area contributed by atoms with Gasteiger partial charge in [-0.15, -0.1) is 11.3 Å². The molecule has 0 unspecified atom stereocenters. The van der Waals surface area contributed by atoms with E-state index in [-0.39, 0.29) is 11.2 Å². The Morgan fingerprint density at radius 3 is 2.54 bits per heavy atom. The van der Waals surface area contributed by atoms with Crippen LogP contribution in [-0.4, -0.2) is 18.0 Å². The van der Waals surface area contributed by atoms with Crippen molar-refractivity contribution in [2.45, 2.75) is 46.2 Å². The maximum atomic E-state index is 13.6. The maximum Gasteiger partial charge on any atom is 0.191 e. The van der Waals surface area contributed by atoms with Gasteiger partial charge >= 0.3 is 0 Å². The second-order valence-electron chi connectivity index (χ2n) is 6.74. The third kappa shape index (κ3) is 5.03. The van der Waals surface area contributed by atoms with Crippen LogP contribution in [0.3, 0.4) is 0 Å². The maximum absolute atomic E-state index is 13.6. The molecule has 0 atom stereocenters. The van der Waals surface area contributed by atoms with E-state index in [2.05, 4.69) is 46.8 Å². The third-order valence-electron chi connectivity index (χ3n) is 3.65. The van der Waals surface area contributed by atoms with Crippen molar-refractivity contribution in [3.05, 3.63) is 51.2 Å². The van der Waals surface area contributed by atoms with Gasteiger partial charge in [0.05, 0.1) is 12.2 Å². The van der Waals surface area contributed by atoms with Gasteiger partial charge in [-0.1, -0.05) is 32.9 Å². The zero-order valence-electron chi connectivity index (χ0n) is 14.9. The zero-order chi connectivity index (χ0) is 17.7. The number of hydrogen-bond acceptors (Lipinski definition) is 3. The normalized spacial score (nSPS) is 12.3. The van der Waals surface area contributed by atoms with Gasteiger partial charge in [-0.05, 0) is 24.1 Å². The van der Waals surface area contributed by atoms with Gasteiger partial charge in [0.2, 0.25) is 0 Å². The van der Waals surface area contributed by atoms with E-state index in [1.165, 1.54) is 0 Å². The quantitative estimate of drug-likeness (QED) is 0.653. The summed E-state index contributed by atoms with van der Waals surface area (Å²) in [4.78, 5) is 8.84. The third-order valence-corrected chi connectivity index (χ3v) is 4.50. The smallest absolute Gasteiger partial charge is 0.191 e. The number of benzene rings is 1. The summed E-state index contributed by atoms with van der Waals surface area (Å²) in [5.74, 6) is 0.484. The van der Waals surface area contributed by atoms with Crippen LogP contribution < -0.4 is 10.6 Å². The fourth-order valence-electron chi connectivity index (χ4n) is 2.05. The molecule has 0 aliphatic heterocycles. The van der Waals surface area contributed by atoms with Crippen LogP contribution in [0, 0.1) is 12.7 Å². The number of guanidine groups is 1. The second kappa shape index (κ2) is 7.75. The van der Waals surface area contributed by atoms with Crippen molar-refractivity contribution < 1.29 is 4.39 Å². The van der Waals surface area contributed by atoms with Crippen molar-refractivity contribution >= 4 is 17.3 Å². The minimum absolute atomic E-state index is 0.0597. The van der Waals surface area contributed by atoms with Crippen LogP contribution in [0.4, 0.5) is 4.39 Å². The van der Waals surface area contributed by atoms with Crippen LogP contribution >= 0.6 is 11.3 Å². The number of aromatic nitrogens is 1. The molecule has 0 saturated heterocycles. The van der Waals surface area contributed by atoms with Crippen LogP contribution in [0.25, 0.3) is 0 Å². The number of thiazole rings is 1. The highest BCUT2D eigenvalue weighted by atomic mass is 32.1. The average Bonchev–Trinajstić information content (AvgIpc) is 3.00. The summed E-state index contributed by atoms with van der Waals surface area (Å²) in [5.41, 5.74) is 2.69. The SMILES string of the molecule is CN=C(NCc1ccc(C)c(F)c1)NCc1nc(C(C)(C)C)cs1. The summed E-state index contributed by atoms with van der Waals surface area (Å²) in [6.07, 6.45) is 0. The Kier molecular flexibility index (Phi) is 5.94. The van der Waals surface area contributed by atoms with E-state index >= 15 is 0 Å². The summed E-state index contributed by atoms with van der Waals surface area (Å²) in [5, 5.41) is 9.55. The predicted molar refractivity (Wildman–Crippen MR) is 99.0 cm³/mol. The fraction of sp³-hybridized carbons (Fsp3) is 0.444. The van der Waals surface area contributed by atoms with Gasteiger partial charge in [0.1, 0.15) is 10.8 Å². The van der Waals surface area contributed by atoms with E-state index in [0.717, 1.165) is 16.3 Å². The molecule has 0 radical (unpaired) electrons. The van der Waals surface area contributed by atoms with Gasteiger partial charge in [0, 0.05) is 24.4 Å². The summed E-state index contributed by atoms with van der Waals surface area (Å²) >= 11 is 1.64. The van der Waals surface area contributed by atoms with Gasteiger partial charge < -0.3 is 10.6 Å². The Balaban J connectivity index is 1.88. The Hall–Kier alpha value is -1.95.